The highest BCUT2D eigenvalue weighted by Crippen LogP contribution is 2.46. The molecule has 1 spiro atoms. The number of benzene rings is 2. The van der Waals surface area contributed by atoms with Crippen molar-refractivity contribution in [3.63, 3.8) is 0 Å². The van der Waals surface area contributed by atoms with Gasteiger partial charge in [0, 0.05) is 24.7 Å². The lowest BCUT2D eigenvalue weighted by Crippen LogP contribution is -2.46. The van der Waals surface area contributed by atoms with Crippen LogP contribution in [0.4, 0.5) is 5.69 Å². The molecule has 4 aliphatic rings. The van der Waals surface area contributed by atoms with Crippen molar-refractivity contribution in [2.45, 2.75) is 57.3 Å². The molecule has 2 fully saturated rings. The Morgan fingerprint density at radius 3 is 2.30 bits per heavy atom. The van der Waals surface area contributed by atoms with Crippen LogP contribution < -0.4 is 10.4 Å². The highest BCUT2D eigenvalue weighted by molar-refractivity contribution is 6.58. The summed E-state index contributed by atoms with van der Waals surface area (Å²) in [6.45, 7) is 4.84. The van der Waals surface area contributed by atoms with Crippen LogP contribution in [-0.2, 0) is 6.42 Å². The standard InChI is InChI=1S/C32H41BN2O2/c1-34-19-15-32(16-20-34)17-21-35(22-18-32)28-11-7-25(8-12-28)31-29(24-5-3-2-4-6-24)13-9-26-23-27(33(36)37)10-14-30(26)31/h3,5-8,10-12,14,23,29,31,36-37H,2,4,9,13,15-22H2,1H3/t29-,31+/m1/s1. The zero-order valence-electron chi connectivity index (χ0n) is 22.3. The number of hydrogen-bond acceptors (Lipinski definition) is 4. The molecule has 0 unspecified atom stereocenters. The second-order valence-corrected chi connectivity index (χ2v) is 12.0. The fourth-order valence-electron chi connectivity index (χ4n) is 7.40. The quantitative estimate of drug-likeness (QED) is 0.606. The molecule has 0 amide bonds. The van der Waals surface area contributed by atoms with Gasteiger partial charge in [-0.1, -0.05) is 48.6 Å². The largest absolute Gasteiger partial charge is 0.488 e. The minimum atomic E-state index is -1.41. The zero-order chi connectivity index (χ0) is 25.4. The van der Waals surface area contributed by atoms with E-state index in [1.807, 2.05) is 12.1 Å². The lowest BCUT2D eigenvalue weighted by molar-refractivity contribution is 0.0945. The third-order valence-corrected chi connectivity index (χ3v) is 9.87. The van der Waals surface area contributed by atoms with E-state index < -0.39 is 7.12 Å². The molecule has 2 heterocycles. The van der Waals surface area contributed by atoms with E-state index in [-0.39, 0.29) is 0 Å². The molecule has 2 atom stereocenters. The molecular formula is C32H41BN2O2. The molecule has 2 aromatic carbocycles. The minimum absolute atomic E-state index is 0.292. The Labute approximate surface area is 222 Å². The molecule has 2 aliphatic carbocycles. The van der Waals surface area contributed by atoms with Crippen LogP contribution in [0.5, 0.6) is 0 Å². The fraction of sp³-hybridized carbons (Fsp3) is 0.500. The molecule has 37 heavy (non-hydrogen) atoms. The first-order chi connectivity index (χ1) is 18.0. The first-order valence-electron chi connectivity index (χ1n) is 14.4. The predicted molar refractivity (Wildman–Crippen MR) is 153 cm³/mol. The van der Waals surface area contributed by atoms with Gasteiger partial charge in [0.05, 0.1) is 0 Å². The van der Waals surface area contributed by atoms with Crippen LogP contribution in [0.3, 0.4) is 0 Å². The monoisotopic (exact) mass is 496 g/mol. The van der Waals surface area contributed by atoms with Crippen molar-refractivity contribution in [3.05, 3.63) is 83.0 Å². The Hall–Kier alpha value is -2.34. The highest BCUT2D eigenvalue weighted by Gasteiger charge is 2.37. The van der Waals surface area contributed by atoms with Crippen molar-refractivity contribution in [3.8, 4) is 0 Å². The van der Waals surface area contributed by atoms with Gasteiger partial charge in [0.25, 0.3) is 0 Å². The number of piperidine rings is 2. The number of likely N-dealkylation sites (tertiary alicyclic amines) is 1. The van der Waals surface area contributed by atoms with Crippen LogP contribution in [0, 0.1) is 11.3 Å². The van der Waals surface area contributed by atoms with Crippen LogP contribution in [0.1, 0.15) is 67.6 Å². The number of allylic oxidation sites excluding steroid dienone is 4. The van der Waals surface area contributed by atoms with Crippen LogP contribution in [0.15, 0.2) is 66.3 Å². The molecular weight excluding hydrogens is 455 g/mol. The number of fused-ring (bicyclic) bond motifs is 1. The first kappa shape index (κ1) is 25.0. The molecule has 2 aromatic rings. The SMILES string of the molecule is CN1CCC2(CC1)CCN(c1ccc([C@@H]3c4ccc(B(O)O)cc4CC[C@@H]3C3=CCCC=C3)cc1)CC2. The van der Waals surface area contributed by atoms with Gasteiger partial charge in [0.15, 0.2) is 0 Å². The number of hydrogen-bond donors (Lipinski definition) is 2. The average Bonchev–Trinajstić information content (AvgIpc) is 2.95. The van der Waals surface area contributed by atoms with E-state index in [2.05, 4.69) is 65.4 Å². The van der Waals surface area contributed by atoms with E-state index in [9.17, 15) is 10.0 Å². The van der Waals surface area contributed by atoms with Crippen LogP contribution in [0.25, 0.3) is 0 Å². The van der Waals surface area contributed by atoms with Gasteiger partial charge in [-0.15, -0.1) is 0 Å². The summed E-state index contributed by atoms with van der Waals surface area (Å²) in [4.78, 5) is 5.08. The Bertz CT molecular complexity index is 1150. The highest BCUT2D eigenvalue weighted by atomic mass is 16.4. The molecule has 5 heteroatoms. The first-order valence-corrected chi connectivity index (χ1v) is 14.4. The van der Waals surface area contributed by atoms with Crippen LogP contribution >= 0.6 is 0 Å². The van der Waals surface area contributed by atoms with Gasteiger partial charge in [-0.2, -0.15) is 0 Å². The molecule has 0 radical (unpaired) electrons. The van der Waals surface area contributed by atoms with E-state index in [1.54, 1.807) is 0 Å². The lowest BCUT2D eigenvalue weighted by atomic mass is 9.66. The molecule has 2 aliphatic heterocycles. The topological polar surface area (TPSA) is 46.9 Å². The maximum atomic E-state index is 9.74. The van der Waals surface area contributed by atoms with Crippen molar-refractivity contribution in [2.24, 2.45) is 11.3 Å². The van der Waals surface area contributed by atoms with Gasteiger partial charge in [-0.3, -0.25) is 0 Å². The van der Waals surface area contributed by atoms with Gasteiger partial charge in [0.2, 0.25) is 0 Å². The van der Waals surface area contributed by atoms with E-state index in [0.29, 0.717) is 22.7 Å². The molecule has 0 bridgehead atoms. The number of rotatable bonds is 4. The van der Waals surface area contributed by atoms with E-state index in [0.717, 1.165) is 25.7 Å². The summed E-state index contributed by atoms with van der Waals surface area (Å²) >= 11 is 0. The van der Waals surface area contributed by atoms with Gasteiger partial charge in [-0.05, 0) is 123 Å². The summed E-state index contributed by atoms with van der Waals surface area (Å²) < 4.78 is 0. The van der Waals surface area contributed by atoms with Crippen molar-refractivity contribution in [2.75, 3.05) is 38.1 Å². The Morgan fingerprint density at radius 1 is 0.892 bits per heavy atom. The second kappa shape index (κ2) is 10.4. The Balaban J connectivity index is 1.25. The predicted octanol–water partition coefficient (Wildman–Crippen LogP) is 4.65. The molecule has 2 N–H and O–H groups in total. The van der Waals surface area contributed by atoms with Crippen LogP contribution in [-0.4, -0.2) is 55.3 Å². The summed E-state index contributed by atoms with van der Waals surface area (Å²) in [7, 11) is 0.845. The number of nitrogens with zero attached hydrogens (tertiary/aromatic N) is 2. The third kappa shape index (κ3) is 5.06. The number of anilines is 1. The van der Waals surface area contributed by atoms with Gasteiger partial charge >= 0.3 is 7.12 Å². The van der Waals surface area contributed by atoms with Crippen molar-refractivity contribution in [1.82, 2.24) is 4.90 Å². The molecule has 0 saturated carbocycles. The van der Waals surface area contributed by atoms with Crippen molar-refractivity contribution >= 4 is 18.3 Å². The average molecular weight is 497 g/mol. The Kier molecular flexibility index (Phi) is 7.04. The zero-order valence-corrected chi connectivity index (χ0v) is 22.3. The second-order valence-electron chi connectivity index (χ2n) is 12.0. The summed E-state index contributed by atoms with van der Waals surface area (Å²) in [5.74, 6) is 0.750. The summed E-state index contributed by atoms with van der Waals surface area (Å²) in [5, 5.41) is 19.5. The molecule has 6 rings (SSSR count). The van der Waals surface area contributed by atoms with E-state index >= 15 is 0 Å². The Morgan fingerprint density at radius 2 is 1.62 bits per heavy atom. The lowest BCUT2D eigenvalue weighted by Gasteiger charge is -2.47. The summed E-state index contributed by atoms with van der Waals surface area (Å²) in [6, 6.07) is 15.5. The van der Waals surface area contributed by atoms with E-state index in [4.69, 9.17) is 0 Å². The number of aryl methyl sites for hydroxylation is 1. The molecule has 194 valence electrons. The summed E-state index contributed by atoms with van der Waals surface area (Å²) in [5.41, 5.74) is 7.97. The van der Waals surface area contributed by atoms with Gasteiger partial charge in [0.1, 0.15) is 0 Å². The summed E-state index contributed by atoms with van der Waals surface area (Å²) in [6.07, 6.45) is 16.8. The van der Waals surface area contributed by atoms with Crippen molar-refractivity contribution < 1.29 is 10.0 Å². The maximum Gasteiger partial charge on any atom is 0.488 e. The minimum Gasteiger partial charge on any atom is -0.423 e. The normalized spacial score (nSPS) is 25.6. The van der Waals surface area contributed by atoms with Crippen LogP contribution in [0.2, 0.25) is 0 Å². The third-order valence-electron chi connectivity index (χ3n) is 9.87. The molecule has 4 nitrogen and oxygen atoms in total. The maximum absolute atomic E-state index is 9.74. The smallest absolute Gasteiger partial charge is 0.423 e. The molecule has 0 aromatic heterocycles. The fourth-order valence-corrected chi connectivity index (χ4v) is 7.40. The molecule has 2 saturated heterocycles. The van der Waals surface area contributed by atoms with Gasteiger partial charge in [-0.25, -0.2) is 0 Å². The van der Waals surface area contributed by atoms with Gasteiger partial charge < -0.3 is 19.8 Å². The van der Waals surface area contributed by atoms with E-state index in [1.165, 1.54) is 79.8 Å². The van der Waals surface area contributed by atoms with Crippen molar-refractivity contribution in [1.29, 1.82) is 0 Å².